The van der Waals surface area contributed by atoms with Gasteiger partial charge in [0.2, 0.25) is 0 Å². The van der Waals surface area contributed by atoms with Gasteiger partial charge in [0.15, 0.2) is 0 Å². The molecule has 1 saturated heterocycles. The van der Waals surface area contributed by atoms with E-state index in [-0.39, 0.29) is 18.7 Å². The van der Waals surface area contributed by atoms with E-state index in [0.717, 1.165) is 16.9 Å². The number of nitrogens with one attached hydrogen (secondary N) is 1. The first kappa shape index (κ1) is 16.0. The highest BCUT2D eigenvalue weighted by molar-refractivity contribution is 7.84. The van der Waals surface area contributed by atoms with Gasteiger partial charge in [0, 0.05) is 35.0 Å². The van der Waals surface area contributed by atoms with Crippen molar-refractivity contribution in [3.8, 4) is 0 Å². The predicted octanol–water partition coefficient (Wildman–Crippen LogP) is 1.34. The quantitative estimate of drug-likeness (QED) is 0.881. The summed E-state index contributed by atoms with van der Waals surface area (Å²) >= 11 is 0. The number of likely N-dealkylation sites (tertiary alicyclic amines) is 1. The van der Waals surface area contributed by atoms with Gasteiger partial charge in [-0.3, -0.25) is 4.21 Å². The number of urea groups is 1. The molecule has 2 N–H and O–H groups in total. The minimum Gasteiger partial charge on any atom is -0.394 e. The summed E-state index contributed by atoms with van der Waals surface area (Å²) in [5.74, 6) is 0.333. The zero-order chi connectivity index (χ0) is 15.4. The molecule has 1 aromatic rings. The molecule has 0 unspecified atom stereocenters. The Kier molecular flexibility index (Phi) is 5.36. The molecule has 116 valence electrons. The molecule has 1 aliphatic heterocycles. The number of benzene rings is 1. The SMILES string of the molecule is C[C@@H]1CCN(C(=O)NCc2ccc([S@@](C)=O)cc2)[C@H]1CO. The third-order valence-electron chi connectivity index (χ3n) is 4.03. The average Bonchev–Trinajstić information content (AvgIpc) is 2.86. The Morgan fingerprint density at radius 2 is 2.10 bits per heavy atom. The van der Waals surface area contributed by atoms with Gasteiger partial charge in [-0.25, -0.2) is 4.79 Å². The molecule has 1 heterocycles. The average molecular weight is 310 g/mol. The molecule has 0 aliphatic carbocycles. The van der Waals surface area contributed by atoms with Crippen molar-refractivity contribution < 1.29 is 14.1 Å². The number of carbonyl (C=O) groups excluding carboxylic acids is 1. The smallest absolute Gasteiger partial charge is 0.318 e. The topological polar surface area (TPSA) is 69.6 Å². The van der Waals surface area contributed by atoms with E-state index < -0.39 is 10.8 Å². The van der Waals surface area contributed by atoms with E-state index in [0.29, 0.717) is 19.0 Å². The summed E-state index contributed by atoms with van der Waals surface area (Å²) in [5.41, 5.74) is 0.963. The fraction of sp³-hybridized carbons (Fsp3) is 0.533. The zero-order valence-electron chi connectivity index (χ0n) is 12.4. The van der Waals surface area contributed by atoms with Gasteiger partial charge in [0.1, 0.15) is 0 Å². The van der Waals surface area contributed by atoms with Gasteiger partial charge in [-0.05, 0) is 30.0 Å². The molecule has 1 aliphatic rings. The summed E-state index contributed by atoms with van der Waals surface area (Å²) in [5, 5.41) is 12.2. The van der Waals surface area contributed by atoms with Crippen LogP contribution < -0.4 is 5.32 Å². The Bertz CT molecular complexity index is 518. The van der Waals surface area contributed by atoms with Crippen molar-refractivity contribution >= 4 is 16.8 Å². The van der Waals surface area contributed by atoms with Crippen molar-refractivity contribution in [2.75, 3.05) is 19.4 Å². The number of hydrogen-bond donors (Lipinski definition) is 2. The standard InChI is InChI=1S/C15H22N2O3S/c1-11-7-8-17(14(11)10-18)15(19)16-9-12-3-5-13(6-4-12)21(2)20/h3-6,11,14,18H,7-10H2,1-2H3,(H,16,19)/t11-,14+,21-/m1/s1. The van der Waals surface area contributed by atoms with Crippen LogP contribution in [0.15, 0.2) is 29.2 Å². The summed E-state index contributed by atoms with van der Waals surface area (Å²) in [4.78, 5) is 14.6. The molecule has 0 radical (unpaired) electrons. The van der Waals surface area contributed by atoms with Crippen LogP contribution in [0, 0.1) is 5.92 Å². The number of nitrogens with zero attached hydrogens (tertiary/aromatic N) is 1. The van der Waals surface area contributed by atoms with Crippen LogP contribution >= 0.6 is 0 Å². The van der Waals surface area contributed by atoms with Crippen LogP contribution in [-0.2, 0) is 17.3 Å². The van der Waals surface area contributed by atoms with Crippen molar-refractivity contribution in [3.63, 3.8) is 0 Å². The summed E-state index contributed by atoms with van der Waals surface area (Å²) < 4.78 is 11.3. The number of carbonyl (C=O) groups is 1. The van der Waals surface area contributed by atoms with Gasteiger partial charge in [0.05, 0.1) is 12.6 Å². The molecule has 0 saturated carbocycles. The summed E-state index contributed by atoms with van der Waals surface area (Å²) in [6.45, 7) is 3.17. The highest BCUT2D eigenvalue weighted by atomic mass is 32.2. The fourth-order valence-corrected chi connectivity index (χ4v) is 3.14. The van der Waals surface area contributed by atoms with Crippen molar-refractivity contribution in [2.45, 2.75) is 30.8 Å². The Morgan fingerprint density at radius 3 is 2.67 bits per heavy atom. The van der Waals surface area contributed by atoms with Crippen molar-refractivity contribution in [2.24, 2.45) is 5.92 Å². The minimum absolute atomic E-state index is 0.00555. The van der Waals surface area contributed by atoms with Crippen LogP contribution in [0.1, 0.15) is 18.9 Å². The highest BCUT2D eigenvalue weighted by Crippen LogP contribution is 2.23. The second kappa shape index (κ2) is 7.04. The normalized spacial score (nSPS) is 23.1. The van der Waals surface area contributed by atoms with E-state index in [1.165, 1.54) is 0 Å². The molecule has 3 atom stereocenters. The van der Waals surface area contributed by atoms with Gasteiger partial charge >= 0.3 is 6.03 Å². The lowest BCUT2D eigenvalue weighted by Gasteiger charge is -2.25. The third kappa shape index (κ3) is 3.83. The minimum atomic E-state index is -0.985. The number of amides is 2. The third-order valence-corrected chi connectivity index (χ3v) is 4.97. The van der Waals surface area contributed by atoms with Crippen LogP contribution in [0.2, 0.25) is 0 Å². The number of hydrogen-bond acceptors (Lipinski definition) is 3. The van der Waals surface area contributed by atoms with E-state index in [4.69, 9.17) is 0 Å². The van der Waals surface area contributed by atoms with Gasteiger partial charge in [0.25, 0.3) is 0 Å². The Hall–Kier alpha value is -1.40. The van der Waals surface area contributed by atoms with E-state index >= 15 is 0 Å². The Balaban J connectivity index is 1.90. The molecule has 0 bridgehead atoms. The molecule has 1 aromatic carbocycles. The first-order valence-electron chi connectivity index (χ1n) is 7.10. The molecule has 1 fully saturated rings. The maximum Gasteiger partial charge on any atom is 0.318 e. The van der Waals surface area contributed by atoms with E-state index in [1.54, 1.807) is 11.2 Å². The van der Waals surface area contributed by atoms with E-state index in [1.807, 2.05) is 24.3 Å². The maximum absolute atomic E-state index is 12.2. The molecule has 0 aromatic heterocycles. The molecular formula is C15H22N2O3S. The van der Waals surface area contributed by atoms with Crippen LogP contribution in [0.25, 0.3) is 0 Å². The Morgan fingerprint density at radius 1 is 1.43 bits per heavy atom. The summed E-state index contributed by atoms with van der Waals surface area (Å²) in [7, 11) is -0.985. The van der Waals surface area contributed by atoms with Crippen molar-refractivity contribution in [3.05, 3.63) is 29.8 Å². The van der Waals surface area contributed by atoms with Crippen molar-refractivity contribution in [1.29, 1.82) is 0 Å². The first-order chi connectivity index (χ1) is 10.0. The zero-order valence-corrected chi connectivity index (χ0v) is 13.2. The van der Waals surface area contributed by atoms with Gasteiger partial charge < -0.3 is 15.3 Å². The summed E-state index contributed by atoms with van der Waals surface area (Å²) in [6.07, 6.45) is 2.57. The lowest BCUT2D eigenvalue weighted by Crippen LogP contribution is -2.45. The fourth-order valence-electron chi connectivity index (χ4n) is 2.62. The molecule has 2 amide bonds. The van der Waals surface area contributed by atoms with Crippen LogP contribution in [0.5, 0.6) is 0 Å². The molecule has 2 rings (SSSR count). The van der Waals surface area contributed by atoms with Crippen LogP contribution in [0.4, 0.5) is 4.79 Å². The molecular weight excluding hydrogens is 288 g/mol. The lowest BCUT2D eigenvalue weighted by molar-refractivity contribution is 0.143. The van der Waals surface area contributed by atoms with Crippen molar-refractivity contribution in [1.82, 2.24) is 10.2 Å². The van der Waals surface area contributed by atoms with E-state index in [9.17, 15) is 14.1 Å². The van der Waals surface area contributed by atoms with Crippen LogP contribution in [0.3, 0.4) is 0 Å². The second-order valence-corrected chi connectivity index (χ2v) is 6.85. The van der Waals surface area contributed by atoms with E-state index in [2.05, 4.69) is 12.2 Å². The molecule has 5 nitrogen and oxygen atoms in total. The number of rotatable bonds is 4. The largest absolute Gasteiger partial charge is 0.394 e. The van der Waals surface area contributed by atoms with Gasteiger partial charge in [-0.15, -0.1) is 0 Å². The molecule has 6 heteroatoms. The molecule has 0 spiro atoms. The predicted molar refractivity (Wildman–Crippen MR) is 82.4 cm³/mol. The molecule has 21 heavy (non-hydrogen) atoms. The van der Waals surface area contributed by atoms with Gasteiger partial charge in [-0.2, -0.15) is 0 Å². The van der Waals surface area contributed by atoms with Crippen LogP contribution in [-0.4, -0.2) is 45.7 Å². The number of aliphatic hydroxyl groups is 1. The second-order valence-electron chi connectivity index (χ2n) is 5.47. The first-order valence-corrected chi connectivity index (χ1v) is 8.66. The van der Waals surface area contributed by atoms with Gasteiger partial charge in [-0.1, -0.05) is 19.1 Å². The summed E-state index contributed by atoms with van der Waals surface area (Å²) in [6, 6.07) is 7.13. The number of aliphatic hydroxyl groups excluding tert-OH is 1. The highest BCUT2D eigenvalue weighted by Gasteiger charge is 2.33. The Labute approximate surface area is 127 Å². The maximum atomic E-state index is 12.2. The monoisotopic (exact) mass is 310 g/mol. The lowest BCUT2D eigenvalue weighted by atomic mass is 10.0.